The molecule has 3 heteroatoms. The first kappa shape index (κ1) is 7.68. The van der Waals surface area contributed by atoms with Gasteiger partial charge in [0.1, 0.15) is 0 Å². The van der Waals surface area contributed by atoms with Crippen LogP contribution >= 0.6 is 15.9 Å². The minimum atomic E-state index is 0.785. The summed E-state index contributed by atoms with van der Waals surface area (Å²) in [7, 11) is 0. The number of benzene rings is 1. The van der Waals surface area contributed by atoms with Gasteiger partial charge in [-0.25, -0.2) is 0 Å². The van der Waals surface area contributed by atoms with E-state index in [4.69, 9.17) is 9.47 Å². The lowest BCUT2D eigenvalue weighted by molar-refractivity contribution is 0.310. The Morgan fingerprint density at radius 1 is 1.08 bits per heavy atom. The van der Waals surface area contributed by atoms with Gasteiger partial charge in [-0.1, -0.05) is 15.9 Å². The van der Waals surface area contributed by atoms with Crippen LogP contribution in [-0.2, 0) is 12.8 Å². The van der Waals surface area contributed by atoms with Crippen LogP contribution in [0.3, 0.4) is 0 Å². The maximum atomic E-state index is 5.57. The van der Waals surface area contributed by atoms with Crippen LogP contribution in [0.2, 0.25) is 0 Å². The van der Waals surface area contributed by atoms with E-state index < -0.39 is 0 Å². The van der Waals surface area contributed by atoms with Gasteiger partial charge < -0.3 is 9.47 Å². The van der Waals surface area contributed by atoms with Gasteiger partial charge in [-0.2, -0.15) is 0 Å². The second kappa shape index (κ2) is 2.64. The second-order valence-corrected chi connectivity index (χ2v) is 4.21. The third-order valence-electron chi connectivity index (χ3n) is 2.58. The Hall–Kier alpha value is -0.700. The molecule has 2 aliphatic heterocycles. The number of ether oxygens (including phenoxy) is 2. The molecular weight excluding hydrogens is 232 g/mol. The van der Waals surface area contributed by atoms with Crippen molar-refractivity contribution in [3.63, 3.8) is 0 Å². The lowest BCUT2D eigenvalue weighted by atomic mass is 10.1. The van der Waals surface area contributed by atoms with Gasteiger partial charge >= 0.3 is 0 Å². The lowest BCUT2D eigenvalue weighted by Crippen LogP contribution is -1.90. The maximum absolute atomic E-state index is 5.57. The standard InChI is InChI=1S/C10H9BrO2/c11-8-5-6-1-3-12-9(6)10-7(8)2-4-13-10/h5H,1-4H2. The molecule has 0 N–H and O–H groups in total. The van der Waals surface area contributed by atoms with Crippen LogP contribution in [0.15, 0.2) is 10.5 Å². The van der Waals surface area contributed by atoms with Crippen LogP contribution in [0, 0.1) is 0 Å². The van der Waals surface area contributed by atoms with Crippen molar-refractivity contribution in [1.82, 2.24) is 0 Å². The molecule has 2 nitrogen and oxygen atoms in total. The van der Waals surface area contributed by atoms with E-state index in [1.807, 2.05) is 0 Å². The Morgan fingerprint density at radius 2 is 1.85 bits per heavy atom. The van der Waals surface area contributed by atoms with E-state index in [0.717, 1.165) is 37.6 Å². The lowest BCUT2D eigenvalue weighted by Gasteiger charge is -2.07. The van der Waals surface area contributed by atoms with E-state index in [2.05, 4.69) is 22.0 Å². The van der Waals surface area contributed by atoms with Crippen LogP contribution in [0.25, 0.3) is 0 Å². The summed E-state index contributed by atoms with van der Waals surface area (Å²) in [6.45, 7) is 1.58. The summed E-state index contributed by atoms with van der Waals surface area (Å²) in [5, 5.41) is 0. The van der Waals surface area contributed by atoms with Gasteiger partial charge in [-0.05, 0) is 6.07 Å². The molecule has 68 valence electrons. The maximum Gasteiger partial charge on any atom is 0.165 e. The van der Waals surface area contributed by atoms with Crippen molar-refractivity contribution in [2.24, 2.45) is 0 Å². The third-order valence-corrected chi connectivity index (χ3v) is 3.29. The van der Waals surface area contributed by atoms with Gasteiger partial charge in [-0.3, -0.25) is 0 Å². The molecule has 1 aromatic carbocycles. The number of hydrogen-bond acceptors (Lipinski definition) is 2. The smallest absolute Gasteiger partial charge is 0.165 e. The fraction of sp³-hybridized carbons (Fsp3) is 0.400. The van der Waals surface area contributed by atoms with Crippen LogP contribution < -0.4 is 9.47 Å². The predicted octanol–water partition coefficient (Wildman–Crippen LogP) is 2.32. The Morgan fingerprint density at radius 3 is 2.77 bits per heavy atom. The Labute approximate surface area is 85.0 Å². The molecule has 1 aromatic rings. The highest BCUT2D eigenvalue weighted by Gasteiger charge is 2.26. The molecule has 0 radical (unpaired) electrons. The minimum absolute atomic E-state index is 0.785. The Bertz CT molecular complexity index is 374. The molecule has 0 saturated heterocycles. The van der Waals surface area contributed by atoms with E-state index in [-0.39, 0.29) is 0 Å². The van der Waals surface area contributed by atoms with Crippen molar-refractivity contribution in [3.8, 4) is 11.5 Å². The van der Waals surface area contributed by atoms with Crippen LogP contribution in [0.1, 0.15) is 11.1 Å². The summed E-state index contributed by atoms with van der Waals surface area (Å²) in [5.41, 5.74) is 2.54. The molecule has 0 aliphatic carbocycles. The van der Waals surface area contributed by atoms with Crippen molar-refractivity contribution >= 4 is 15.9 Å². The van der Waals surface area contributed by atoms with Crippen molar-refractivity contribution in [2.45, 2.75) is 12.8 Å². The summed E-state index contributed by atoms with van der Waals surface area (Å²) in [6, 6.07) is 2.16. The fourth-order valence-electron chi connectivity index (χ4n) is 1.94. The van der Waals surface area contributed by atoms with Gasteiger partial charge in [0, 0.05) is 28.4 Å². The first-order valence-corrected chi connectivity index (χ1v) is 5.25. The average molecular weight is 241 g/mol. The molecule has 13 heavy (non-hydrogen) atoms. The molecule has 3 rings (SSSR count). The molecule has 0 spiro atoms. The zero-order chi connectivity index (χ0) is 8.84. The molecule has 0 saturated carbocycles. The monoisotopic (exact) mass is 240 g/mol. The molecule has 0 bridgehead atoms. The highest BCUT2D eigenvalue weighted by molar-refractivity contribution is 9.10. The average Bonchev–Trinajstić information content (AvgIpc) is 2.66. The molecule has 2 heterocycles. The van der Waals surface area contributed by atoms with Crippen molar-refractivity contribution in [2.75, 3.05) is 13.2 Å². The molecule has 2 aliphatic rings. The van der Waals surface area contributed by atoms with E-state index in [1.165, 1.54) is 15.6 Å². The molecule has 0 atom stereocenters. The van der Waals surface area contributed by atoms with Crippen LogP contribution in [-0.4, -0.2) is 13.2 Å². The Balaban J connectivity index is 2.28. The summed E-state index contributed by atoms with van der Waals surface area (Å²) in [4.78, 5) is 0. The zero-order valence-corrected chi connectivity index (χ0v) is 8.69. The number of halogens is 1. The normalized spacial score (nSPS) is 17.6. The highest BCUT2D eigenvalue weighted by atomic mass is 79.9. The van der Waals surface area contributed by atoms with Gasteiger partial charge in [0.25, 0.3) is 0 Å². The predicted molar refractivity (Wildman–Crippen MR) is 52.5 cm³/mol. The van der Waals surface area contributed by atoms with Gasteiger partial charge in [-0.15, -0.1) is 0 Å². The van der Waals surface area contributed by atoms with E-state index in [0.29, 0.717) is 0 Å². The number of rotatable bonds is 0. The Kier molecular flexibility index (Phi) is 1.56. The van der Waals surface area contributed by atoms with Gasteiger partial charge in [0.15, 0.2) is 11.5 Å². The van der Waals surface area contributed by atoms with E-state index in [1.54, 1.807) is 0 Å². The molecule has 0 amide bonds. The molecule has 0 unspecified atom stereocenters. The van der Waals surface area contributed by atoms with Crippen LogP contribution in [0.4, 0.5) is 0 Å². The van der Waals surface area contributed by atoms with Crippen molar-refractivity contribution in [1.29, 1.82) is 0 Å². The van der Waals surface area contributed by atoms with E-state index >= 15 is 0 Å². The second-order valence-electron chi connectivity index (χ2n) is 3.35. The van der Waals surface area contributed by atoms with Crippen molar-refractivity contribution < 1.29 is 9.47 Å². The number of hydrogen-bond donors (Lipinski definition) is 0. The first-order valence-electron chi connectivity index (χ1n) is 4.46. The summed E-state index contributed by atoms with van der Waals surface area (Å²) in [6.07, 6.45) is 2.00. The van der Waals surface area contributed by atoms with Crippen LogP contribution in [0.5, 0.6) is 11.5 Å². The third kappa shape index (κ3) is 0.998. The molecule has 0 aromatic heterocycles. The topological polar surface area (TPSA) is 18.5 Å². The highest BCUT2D eigenvalue weighted by Crippen LogP contribution is 2.45. The summed E-state index contributed by atoms with van der Waals surface area (Å²) in [5.74, 6) is 1.96. The summed E-state index contributed by atoms with van der Waals surface area (Å²) < 4.78 is 12.3. The van der Waals surface area contributed by atoms with Gasteiger partial charge in [0.2, 0.25) is 0 Å². The van der Waals surface area contributed by atoms with Crippen molar-refractivity contribution in [3.05, 3.63) is 21.7 Å². The number of fused-ring (bicyclic) bond motifs is 3. The van der Waals surface area contributed by atoms with E-state index in [9.17, 15) is 0 Å². The molecular formula is C10H9BrO2. The largest absolute Gasteiger partial charge is 0.489 e. The fourth-order valence-corrected chi connectivity index (χ4v) is 2.60. The zero-order valence-electron chi connectivity index (χ0n) is 7.10. The molecule has 0 fully saturated rings. The SMILES string of the molecule is Brc1cc2c(c3c1CCO3)OCC2. The minimum Gasteiger partial charge on any atom is -0.489 e. The first-order chi connectivity index (χ1) is 6.36. The quantitative estimate of drug-likeness (QED) is 0.693. The summed E-state index contributed by atoms with van der Waals surface area (Å²) >= 11 is 3.57. The van der Waals surface area contributed by atoms with Gasteiger partial charge in [0.05, 0.1) is 13.2 Å².